The van der Waals surface area contributed by atoms with Crippen molar-refractivity contribution in [2.24, 2.45) is 18.7 Å². The fraction of sp³-hybridized carbons (Fsp3) is 0.357. The second-order valence-electron chi connectivity index (χ2n) is 4.67. The first-order chi connectivity index (χ1) is 9.69. The molecular formula is C14H19N5O. The number of benzene rings is 1. The van der Waals surface area contributed by atoms with Crippen molar-refractivity contribution in [2.45, 2.75) is 13.0 Å². The van der Waals surface area contributed by atoms with Crippen LogP contribution >= 0.6 is 0 Å². The topological polar surface area (TPSA) is 85.8 Å². The van der Waals surface area contributed by atoms with Crippen LogP contribution in [0.2, 0.25) is 0 Å². The summed E-state index contributed by atoms with van der Waals surface area (Å²) in [5.41, 5.74) is 6.80. The highest BCUT2D eigenvalue weighted by Gasteiger charge is 2.17. The zero-order valence-corrected chi connectivity index (χ0v) is 11.5. The number of nitrogens with one attached hydrogen (secondary N) is 1. The molecule has 0 fully saturated rings. The number of hydrogen-bond acceptors (Lipinski definition) is 4. The summed E-state index contributed by atoms with van der Waals surface area (Å²) >= 11 is 0. The smallest absolute Gasteiger partial charge is 0.225 e. The molecule has 106 valence electrons. The quantitative estimate of drug-likeness (QED) is 0.790. The number of hydrogen-bond donors (Lipinski definition) is 2. The Kier molecular flexibility index (Phi) is 4.84. The highest BCUT2D eigenvalue weighted by atomic mass is 16.1. The van der Waals surface area contributed by atoms with E-state index in [0.717, 1.165) is 5.56 Å². The third-order valence-corrected chi connectivity index (χ3v) is 3.05. The van der Waals surface area contributed by atoms with Crippen molar-refractivity contribution < 1.29 is 4.79 Å². The maximum absolute atomic E-state index is 12.1. The first kappa shape index (κ1) is 14.2. The molecule has 0 radical (unpaired) electrons. The van der Waals surface area contributed by atoms with Gasteiger partial charge >= 0.3 is 0 Å². The predicted octanol–water partition coefficient (Wildman–Crippen LogP) is 0.249. The molecule has 0 bridgehead atoms. The Morgan fingerprint density at radius 1 is 1.40 bits per heavy atom. The summed E-state index contributed by atoms with van der Waals surface area (Å²) in [6, 6.07) is 9.86. The predicted molar refractivity (Wildman–Crippen MR) is 75.5 cm³/mol. The lowest BCUT2D eigenvalue weighted by molar-refractivity contribution is -0.124. The molecule has 1 amide bonds. The van der Waals surface area contributed by atoms with E-state index in [1.807, 2.05) is 30.3 Å². The number of aryl methyl sites for hydroxylation is 1. The molecule has 2 rings (SSSR count). The van der Waals surface area contributed by atoms with Crippen LogP contribution in [0.1, 0.15) is 11.4 Å². The summed E-state index contributed by atoms with van der Waals surface area (Å²) < 4.78 is 1.60. The molecule has 2 aromatic rings. The van der Waals surface area contributed by atoms with E-state index in [9.17, 15) is 4.79 Å². The molecule has 1 atom stereocenters. The average Bonchev–Trinajstić information content (AvgIpc) is 2.89. The molecule has 0 aliphatic carbocycles. The maximum atomic E-state index is 12.1. The summed E-state index contributed by atoms with van der Waals surface area (Å²) in [5, 5.41) is 6.94. The van der Waals surface area contributed by atoms with E-state index in [1.54, 1.807) is 18.1 Å². The second-order valence-corrected chi connectivity index (χ2v) is 4.67. The Morgan fingerprint density at radius 3 is 2.75 bits per heavy atom. The molecule has 6 nitrogen and oxygen atoms in total. The van der Waals surface area contributed by atoms with Crippen LogP contribution < -0.4 is 11.1 Å². The SMILES string of the molecule is Cn1cnc(CNC(=O)C(CN)Cc2ccccc2)n1. The fourth-order valence-corrected chi connectivity index (χ4v) is 1.96. The molecule has 3 N–H and O–H groups in total. The van der Waals surface area contributed by atoms with Gasteiger partial charge in [0.2, 0.25) is 5.91 Å². The molecule has 1 unspecified atom stereocenters. The van der Waals surface area contributed by atoms with Gasteiger partial charge in [0.25, 0.3) is 0 Å². The van der Waals surface area contributed by atoms with Gasteiger partial charge in [0.15, 0.2) is 5.82 Å². The first-order valence-corrected chi connectivity index (χ1v) is 6.55. The number of carbonyl (C=O) groups excluding carboxylic acids is 1. The normalized spacial score (nSPS) is 12.1. The van der Waals surface area contributed by atoms with Gasteiger partial charge in [-0.2, -0.15) is 5.10 Å². The van der Waals surface area contributed by atoms with E-state index in [0.29, 0.717) is 25.3 Å². The summed E-state index contributed by atoms with van der Waals surface area (Å²) in [6.07, 6.45) is 2.24. The van der Waals surface area contributed by atoms with Gasteiger partial charge in [-0.3, -0.25) is 9.48 Å². The summed E-state index contributed by atoms with van der Waals surface area (Å²) in [4.78, 5) is 16.2. The minimum atomic E-state index is -0.235. The van der Waals surface area contributed by atoms with E-state index in [2.05, 4.69) is 15.4 Å². The van der Waals surface area contributed by atoms with Crippen LogP contribution in [0.5, 0.6) is 0 Å². The van der Waals surface area contributed by atoms with Gasteiger partial charge in [-0.1, -0.05) is 30.3 Å². The number of rotatable bonds is 6. The van der Waals surface area contributed by atoms with Crippen molar-refractivity contribution in [3.8, 4) is 0 Å². The summed E-state index contributed by atoms with van der Waals surface area (Å²) in [5.74, 6) is 0.293. The number of nitrogens with zero attached hydrogens (tertiary/aromatic N) is 3. The molecule has 20 heavy (non-hydrogen) atoms. The molecule has 0 aliphatic heterocycles. The van der Waals surface area contributed by atoms with Crippen LogP contribution in [-0.2, 0) is 24.8 Å². The Balaban J connectivity index is 1.89. The minimum Gasteiger partial charge on any atom is -0.348 e. The third kappa shape index (κ3) is 3.89. The van der Waals surface area contributed by atoms with Crippen LogP contribution in [0.3, 0.4) is 0 Å². The molecule has 0 spiro atoms. The standard InChI is InChI=1S/C14H19N5O/c1-19-10-17-13(18-19)9-16-14(20)12(8-15)7-11-5-3-2-4-6-11/h2-6,10,12H,7-9,15H2,1H3,(H,16,20). The van der Waals surface area contributed by atoms with Gasteiger partial charge in [0, 0.05) is 13.6 Å². The average molecular weight is 273 g/mol. The van der Waals surface area contributed by atoms with Crippen molar-refractivity contribution in [2.75, 3.05) is 6.54 Å². The van der Waals surface area contributed by atoms with Gasteiger partial charge in [0.1, 0.15) is 6.33 Å². The molecule has 1 aromatic carbocycles. The number of aromatic nitrogens is 3. The van der Waals surface area contributed by atoms with Gasteiger partial charge in [-0.05, 0) is 12.0 Å². The van der Waals surface area contributed by atoms with Gasteiger partial charge in [-0.25, -0.2) is 4.98 Å². The lowest BCUT2D eigenvalue weighted by atomic mass is 9.98. The molecule has 1 aromatic heterocycles. The zero-order chi connectivity index (χ0) is 14.4. The van der Waals surface area contributed by atoms with Crippen molar-refractivity contribution in [3.63, 3.8) is 0 Å². The monoisotopic (exact) mass is 273 g/mol. The Hall–Kier alpha value is -2.21. The van der Waals surface area contributed by atoms with Gasteiger partial charge < -0.3 is 11.1 Å². The minimum absolute atomic E-state index is 0.0659. The second kappa shape index (κ2) is 6.81. The number of nitrogens with two attached hydrogens (primary N) is 1. The summed E-state index contributed by atoms with van der Waals surface area (Å²) in [6.45, 7) is 0.640. The van der Waals surface area contributed by atoms with E-state index < -0.39 is 0 Å². The van der Waals surface area contributed by atoms with Gasteiger partial charge in [-0.15, -0.1) is 0 Å². The summed E-state index contributed by atoms with van der Waals surface area (Å²) in [7, 11) is 1.79. The van der Waals surface area contributed by atoms with Crippen LogP contribution in [0, 0.1) is 5.92 Å². The maximum Gasteiger partial charge on any atom is 0.225 e. The number of amides is 1. The Morgan fingerprint density at radius 2 is 2.15 bits per heavy atom. The zero-order valence-electron chi connectivity index (χ0n) is 11.5. The van der Waals surface area contributed by atoms with E-state index in [-0.39, 0.29) is 11.8 Å². The molecule has 0 saturated carbocycles. The van der Waals surface area contributed by atoms with E-state index in [1.165, 1.54) is 0 Å². The molecule has 6 heteroatoms. The molecule has 1 heterocycles. The fourth-order valence-electron chi connectivity index (χ4n) is 1.96. The third-order valence-electron chi connectivity index (χ3n) is 3.05. The lowest BCUT2D eigenvalue weighted by Gasteiger charge is -2.14. The van der Waals surface area contributed by atoms with Crippen molar-refractivity contribution in [1.29, 1.82) is 0 Å². The first-order valence-electron chi connectivity index (χ1n) is 6.55. The Bertz CT molecular complexity index is 552. The molecule has 0 saturated heterocycles. The van der Waals surface area contributed by atoms with Crippen molar-refractivity contribution in [3.05, 3.63) is 48.0 Å². The van der Waals surface area contributed by atoms with Crippen LogP contribution in [0.4, 0.5) is 0 Å². The van der Waals surface area contributed by atoms with Crippen LogP contribution in [-0.4, -0.2) is 27.2 Å². The highest BCUT2D eigenvalue weighted by Crippen LogP contribution is 2.08. The van der Waals surface area contributed by atoms with Crippen molar-refractivity contribution >= 4 is 5.91 Å². The van der Waals surface area contributed by atoms with Crippen LogP contribution in [0.25, 0.3) is 0 Å². The van der Waals surface area contributed by atoms with E-state index in [4.69, 9.17) is 5.73 Å². The highest BCUT2D eigenvalue weighted by molar-refractivity contribution is 5.79. The lowest BCUT2D eigenvalue weighted by Crippen LogP contribution is -2.36. The van der Waals surface area contributed by atoms with Gasteiger partial charge in [0.05, 0.1) is 12.5 Å². The van der Waals surface area contributed by atoms with Crippen LogP contribution in [0.15, 0.2) is 36.7 Å². The number of carbonyl (C=O) groups is 1. The molecule has 0 aliphatic rings. The Labute approximate surface area is 118 Å². The molecular weight excluding hydrogens is 254 g/mol. The largest absolute Gasteiger partial charge is 0.348 e. The van der Waals surface area contributed by atoms with Crippen molar-refractivity contribution in [1.82, 2.24) is 20.1 Å². The van der Waals surface area contributed by atoms with E-state index >= 15 is 0 Å².